The minimum atomic E-state index is -0.645. The topological polar surface area (TPSA) is 91.8 Å². The van der Waals surface area contributed by atoms with Gasteiger partial charge in [0.2, 0.25) is 11.8 Å². The van der Waals surface area contributed by atoms with Crippen LogP contribution in [0.1, 0.15) is 29.2 Å². The van der Waals surface area contributed by atoms with E-state index in [0.717, 1.165) is 10.5 Å². The average Bonchev–Trinajstić information content (AvgIpc) is 3.44. The summed E-state index contributed by atoms with van der Waals surface area (Å²) in [7, 11) is 0. The molecule has 1 aromatic heterocycles. The van der Waals surface area contributed by atoms with Gasteiger partial charge in [-0.05, 0) is 52.2 Å². The van der Waals surface area contributed by atoms with Crippen molar-refractivity contribution in [3.05, 3.63) is 85.6 Å². The second-order valence-electron chi connectivity index (χ2n) is 9.29. The van der Waals surface area contributed by atoms with Crippen molar-refractivity contribution in [2.24, 2.45) is 17.8 Å². The third kappa shape index (κ3) is 3.34. The number of halogens is 1. The lowest BCUT2D eigenvalue weighted by atomic mass is 9.59. The van der Waals surface area contributed by atoms with Crippen molar-refractivity contribution in [3.8, 4) is 5.75 Å². The van der Waals surface area contributed by atoms with Gasteiger partial charge in [-0.3, -0.25) is 24.1 Å². The minimum absolute atomic E-state index is 0.0232. The maximum atomic E-state index is 13.7. The van der Waals surface area contributed by atoms with Crippen LogP contribution in [0.2, 0.25) is 0 Å². The number of Topliss-reactive ketones (excluding diaryl/α,β-unsaturated/α-hetero) is 1. The molecule has 176 valence electrons. The van der Waals surface area contributed by atoms with Crippen LogP contribution in [0.4, 0.5) is 0 Å². The molecule has 2 amide bonds. The maximum absolute atomic E-state index is 13.7. The van der Waals surface area contributed by atoms with Gasteiger partial charge in [0.25, 0.3) is 0 Å². The number of allylic oxidation sites excluding steroid dienone is 6. The summed E-state index contributed by atoms with van der Waals surface area (Å²) in [6.45, 7) is 0.243. The zero-order valence-electron chi connectivity index (χ0n) is 18.4. The molecule has 1 saturated heterocycles. The molecule has 4 unspecified atom stereocenters. The molecule has 6 rings (SSSR count). The number of amides is 2. The number of phenols is 1. The van der Waals surface area contributed by atoms with E-state index in [4.69, 9.17) is 0 Å². The number of aromatic hydroxyl groups is 1. The zero-order valence-corrected chi connectivity index (χ0v) is 20.8. The smallest absolute Gasteiger partial charge is 0.234 e. The van der Waals surface area contributed by atoms with Crippen molar-refractivity contribution in [1.29, 1.82) is 0 Å². The van der Waals surface area contributed by atoms with Crippen LogP contribution in [-0.2, 0) is 25.7 Å². The highest BCUT2D eigenvalue weighted by atomic mass is 79.9. The number of benzene rings is 1. The van der Waals surface area contributed by atoms with E-state index in [-0.39, 0.29) is 46.6 Å². The Hall–Kier alpha value is -3.10. The van der Waals surface area contributed by atoms with Crippen molar-refractivity contribution < 1.29 is 24.3 Å². The van der Waals surface area contributed by atoms with Gasteiger partial charge in [0.15, 0.2) is 11.6 Å². The van der Waals surface area contributed by atoms with E-state index in [1.807, 2.05) is 23.6 Å². The molecule has 1 N–H and O–H groups in total. The van der Waals surface area contributed by atoms with E-state index in [2.05, 4.69) is 15.9 Å². The molecule has 0 radical (unpaired) electrons. The molecule has 4 atom stereocenters. The Balaban J connectivity index is 1.47. The van der Waals surface area contributed by atoms with E-state index in [0.29, 0.717) is 23.1 Å². The molecule has 2 heterocycles. The SMILES string of the molecule is O=C1C=C(Br)C(=O)C2=C1C(c1ccccc1O)C1=CCC3C(=O)N(Cc4cccs4)C(=O)C3C1C2. The lowest BCUT2D eigenvalue weighted by molar-refractivity contribution is -0.140. The van der Waals surface area contributed by atoms with Crippen LogP contribution < -0.4 is 0 Å². The van der Waals surface area contributed by atoms with Crippen LogP contribution >= 0.6 is 27.3 Å². The number of rotatable bonds is 3. The Kier molecular flexibility index (Phi) is 5.27. The minimum Gasteiger partial charge on any atom is -0.508 e. The Morgan fingerprint density at radius 3 is 2.57 bits per heavy atom. The third-order valence-corrected chi connectivity index (χ3v) is 9.01. The van der Waals surface area contributed by atoms with Crippen LogP contribution in [0.25, 0.3) is 0 Å². The molecule has 6 nitrogen and oxygen atoms in total. The highest BCUT2D eigenvalue weighted by Gasteiger charge is 2.56. The van der Waals surface area contributed by atoms with Crippen LogP contribution in [0.15, 0.2) is 75.1 Å². The predicted octanol–water partition coefficient (Wildman–Crippen LogP) is 4.42. The van der Waals surface area contributed by atoms with Gasteiger partial charge in [-0.25, -0.2) is 0 Å². The van der Waals surface area contributed by atoms with E-state index in [1.54, 1.807) is 24.3 Å². The lowest BCUT2D eigenvalue weighted by Crippen LogP contribution is -2.39. The third-order valence-electron chi connectivity index (χ3n) is 7.56. The van der Waals surface area contributed by atoms with Crippen molar-refractivity contribution in [2.45, 2.75) is 25.3 Å². The molecule has 8 heteroatoms. The first-order valence-electron chi connectivity index (χ1n) is 11.4. The number of carbonyl (C=O) groups is 4. The molecule has 1 fully saturated rings. The second kappa shape index (κ2) is 8.24. The number of hydrogen-bond acceptors (Lipinski definition) is 6. The number of phenolic OH excluding ortho intramolecular Hbond substituents is 1. The normalized spacial score (nSPS) is 28.0. The Bertz CT molecular complexity index is 1400. The Labute approximate surface area is 213 Å². The van der Waals surface area contributed by atoms with Gasteiger partial charge >= 0.3 is 0 Å². The van der Waals surface area contributed by atoms with Crippen LogP contribution in [0.3, 0.4) is 0 Å². The Morgan fingerprint density at radius 1 is 1.03 bits per heavy atom. The van der Waals surface area contributed by atoms with Crippen LogP contribution in [0.5, 0.6) is 5.75 Å². The fourth-order valence-corrected chi connectivity index (χ4v) is 7.21. The van der Waals surface area contributed by atoms with E-state index in [1.165, 1.54) is 22.3 Å². The van der Waals surface area contributed by atoms with Gasteiger partial charge in [-0.1, -0.05) is 35.9 Å². The van der Waals surface area contributed by atoms with Crippen molar-refractivity contribution in [3.63, 3.8) is 0 Å². The zero-order chi connectivity index (χ0) is 24.4. The molecule has 3 aliphatic carbocycles. The Morgan fingerprint density at radius 2 is 1.83 bits per heavy atom. The van der Waals surface area contributed by atoms with Crippen molar-refractivity contribution >= 4 is 50.6 Å². The molecule has 1 aromatic carbocycles. The number of para-hydroxylation sites is 1. The largest absolute Gasteiger partial charge is 0.508 e. The van der Waals surface area contributed by atoms with Crippen LogP contribution in [-0.4, -0.2) is 33.4 Å². The maximum Gasteiger partial charge on any atom is 0.234 e. The van der Waals surface area contributed by atoms with Gasteiger partial charge in [0.1, 0.15) is 5.75 Å². The summed E-state index contributed by atoms with van der Waals surface area (Å²) in [6.07, 6.45) is 3.84. The summed E-state index contributed by atoms with van der Waals surface area (Å²) in [5.41, 5.74) is 2.07. The molecular weight excluding hydrogens is 530 g/mol. The summed E-state index contributed by atoms with van der Waals surface area (Å²) in [6, 6.07) is 10.6. The number of nitrogens with zero attached hydrogens (tertiary/aromatic N) is 1. The fourth-order valence-electron chi connectivity index (χ4n) is 6.07. The molecule has 4 aliphatic rings. The molecule has 0 bridgehead atoms. The van der Waals surface area contributed by atoms with Gasteiger partial charge in [0, 0.05) is 33.6 Å². The second-order valence-corrected chi connectivity index (χ2v) is 11.2. The summed E-state index contributed by atoms with van der Waals surface area (Å²) < 4.78 is 0.185. The highest BCUT2D eigenvalue weighted by molar-refractivity contribution is 9.12. The highest BCUT2D eigenvalue weighted by Crippen LogP contribution is 2.56. The van der Waals surface area contributed by atoms with E-state index >= 15 is 0 Å². The molecular formula is C27H20BrNO5S. The first-order chi connectivity index (χ1) is 16.9. The van der Waals surface area contributed by atoms with Gasteiger partial charge in [0.05, 0.1) is 22.9 Å². The van der Waals surface area contributed by atoms with Gasteiger partial charge in [-0.2, -0.15) is 0 Å². The number of fused-ring (bicyclic) bond motifs is 3. The number of carbonyl (C=O) groups excluding carboxylic acids is 4. The van der Waals surface area contributed by atoms with Crippen molar-refractivity contribution in [2.75, 3.05) is 0 Å². The summed E-state index contributed by atoms with van der Waals surface area (Å²) in [5.74, 6) is -3.10. The molecule has 0 spiro atoms. The standard InChI is InChI=1S/C27H20BrNO5S/c28-19-11-21(31)24-18(25(19)32)10-17-14(22(24)15-5-1-2-6-20(15)30)7-8-16-23(17)27(34)29(26(16)33)12-13-4-3-9-35-13/h1-7,9,11,16-17,22-23,30H,8,10,12H2. The molecule has 0 saturated carbocycles. The van der Waals surface area contributed by atoms with Gasteiger partial charge in [-0.15, -0.1) is 11.3 Å². The average molecular weight is 550 g/mol. The summed E-state index contributed by atoms with van der Waals surface area (Å²) >= 11 is 4.72. The number of imide groups is 1. The quantitative estimate of drug-likeness (QED) is 0.347. The monoisotopic (exact) mass is 549 g/mol. The summed E-state index contributed by atoms with van der Waals surface area (Å²) in [5, 5.41) is 12.6. The number of ketones is 2. The summed E-state index contributed by atoms with van der Waals surface area (Å²) in [4.78, 5) is 55.6. The van der Waals surface area contributed by atoms with Gasteiger partial charge < -0.3 is 5.11 Å². The molecule has 2 aromatic rings. The fraction of sp³-hybridized carbons (Fsp3) is 0.259. The molecule has 1 aliphatic heterocycles. The number of thiophene rings is 1. The van der Waals surface area contributed by atoms with E-state index < -0.39 is 23.7 Å². The number of hydrogen-bond donors (Lipinski definition) is 1. The first kappa shape index (κ1) is 22.4. The van der Waals surface area contributed by atoms with Crippen molar-refractivity contribution in [1.82, 2.24) is 4.90 Å². The number of likely N-dealkylation sites (tertiary alicyclic amines) is 1. The van der Waals surface area contributed by atoms with Crippen LogP contribution in [0, 0.1) is 17.8 Å². The first-order valence-corrected chi connectivity index (χ1v) is 13.1. The van der Waals surface area contributed by atoms with E-state index in [9.17, 15) is 24.3 Å². The molecule has 35 heavy (non-hydrogen) atoms. The predicted molar refractivity (Wildman–Crippen MR) is 133 cm³/mol. The lowest BCUT2D eigenvalue weighted by Gasteiger charge is -2.42.